The number of urea groups is 1. The summed E-state index contributed by atoms with van der Waals surface area (Å²) in [6.07, 6.45) is 0.864. The second-order valence-electron chi connectivity index (χ2n) is 4.39. The minimum absolute atomic E-state index is 0.114. The largest absolute Gasteiger partial charge is 0.352 e. The van der Waals surface area contributed by atoms with E-state index in [-0.39, 0.29) is 18.0 Å². The van der Waals surface area contributed by atoms with Gasteiger partial charge < -0.3 is 16.0 Å². The molecule has 5 nitrogen and oxygen atoms in total. The van der Waals surface area contributed by atoms with Crippen molar-refractivity contribution < 1.29 is 9.59 Å². The lowest BCUT2D eigenvalue weighted by atomic mass is 10.0. The SMILES string of the molecule is CCNC(=O)NC(C)(C)C(=O)N[C@H](C)CC. The Kier molecular flexibility index (Phi) is 5.85. The summed E-state index contributed by atoms with van der Waals surface area (Å²) in [5.74, 6) is -0.173. The molecule has 0 saturated carbocycles. The molecule has 0 unspecified atom stereocenters. The van der Waals surface area contributed by atoms with Crippen LogP contribution in [0.15, 0.2) is 0 Å². The first-order valence-electron chi connectivity index (χ1n) is 5.70. The molecule has 94 valence electrons. The van der Waals surface area contributed by atoms with Gasteiger partial charge in [-0.2, -0.15) is 0 Å². The van der Waals surface area contributed by atoms with E-state index in [0.29, 0.717) is 6.54 Å². The van der Waals surface area contributed by atoms with Crippen LogP contribution in [0.4, 0.5) is 4.79 Å². The van der Waals surface area contributed by atoms with Crippen LogP contribution in [0.1, 0.15) is 41.0 Å². The van der Waals surface area contributed by atoms with Gasteiger partial charge in [-0.25, -0.2) is 4.79 Å². The van der Waals surface area contributed by atoms with Gasteiger partial charge in [0, 0.05) is 12.6 Å². The molecule has 0 fully saturated rings. The maximum absolute atomic E-state index is 11.8. The number of carbonyl (C=O) groups is 2. The van der Waals surface area contributed by atoms with Crippen molar-refractivity contribution in [2.45, 2.75) is 52.6 Å². The van der Waals surface area contributed by atoms with Crippen LogP contribution >= 0.6 is 0 Å². The van der Waals surface area contributed by atoms with Gasteiger partial charge in [0.15, 0.2) is 0 Å². The fourth-order valence-electron chi connectivity index (χ4n) is 1.05. The van der Waals surface area contributed by atoms with Crippen LogP contribution in [0.3, 0.4) is 0 Å². The standard InChI is InChI=1S/C11H23N3O2/c1-6-8(3)13-9(15)11(4,5)14-10(16)12-7-2/h8H,6-7H2,1-5H3,(H,13,15)(H2,12,14,16)/t8-/m1/s1. The van der Waals surface area contributed by atoms with Crippen molar-refractivity contribution in [1.29, 1.82) is 0 Å². The fraction of sp³-hybridized carbons (Fsp3) is 0.818. The van der Waals surface area contributed by atoms with Crippen molar-refractivity contribution in [3.63, 3.8) is 0 Å². The molecule has 0 saturated heterocycles. The number of amides is 3. The number of hydrogen-bond donors (Lipinski definition) is 3. The summed E-state index contributed by atoms with van der Waals surface area (Å²) >= 11 is 0. The molecule has 0 aromatic carbocycles. The van der Waals surface area contributed by atoms with Crippen LogP contribution in [0.25, 0.3) is 0 Å². The Balaban J connectivity index is 4.30. The van der Waals surface area contributed by atoms with E-state index in [0.717, 1.165) is 6.42 Å². The molecule has 0 spiro atoms. The molecule has 0 heterocycles. The number of rotatable bonds is 5. The highest BCUT2D eigenvalue weighted by Crippen LogP contribution is 2.03. The van der Waals surface area contributed by atoms with Gasteiger partial charge in [-0.05, 0) is 34.1 Å². The van der Waals surface area contributed by atoms with Gasteiger partial charge in [0.1, 0.15) is 5.54 Å². The van der Waals surface area contributed by atoms with Gasteiger partial charge in [-0.15, -0.1) is 0 Å². The zero-order chi connectivity index (χ0) is 12.8. The van der Waals surface area contributed by atoms with Gasteiger partial charge in [0.05, 0.1) is 0 Å². The van der Waals surface area contributed by atoms with E-state index in [1.54, 1.807) is 13.8 Å². The van der Waals surface area contributed by atoms with Crippen LogP contribution in [0, 0.1) is 0 Å². The van der Waals surface area contributed by atoms with Gasteiger partial charge in [-0.1, -0.05) is 6.92 Å². The van der Waals surface area contributed by atoms with Gasteiger partial charge >= 0.3 is 6.03 Å². The van der Waals surface area contributed by atoms with E-state index < -0.39 is 5.54 Å². The summed E-state index contributed by atoms with van der Waals surface area (Å²) in [6, 6.07) is -0.213. The Hall–Kier alpha value is -1.26. The number of carbonyl (C=O) groups excluding carboxylic acids is 2. The van der Waals surface area contributed by atoms with Crippen molar-refractivity contribution in [1.82, 2.24) is 16.0 Å². The third-order valence-electron chi connectivity index (χ3n) is 2.32. The maximum Gasteiger partial charge on any atom is 0.315 e. The van der Waals surface area contributed by atoms with E-state index in [2.05, 4.69) is 16.0 Å². The first kappa shape index (κ1) is 14.7. The first-order chi connectivity index (χ1) is 7.33. The predicted octanol–water partition coefficient (Wildman–Crippen LogP) is 0.999. The van der Waals surface area contributed by atoms with E-state index in [9.17, 15) is 9.59 Å². The van der Waals surface area contributed by atoms with Crippen molar-refractivity contribution in [2.24, 2.45) is 0 Å². The van der Waals surface area contributed by atoms with Crippen molar-refractivity contribution >= 4 is 11.9 Å². The third-order valence-corrected chi connectivity index (χ3v) is 2.32. The molecule has 1 atom stereocenters. The topological polar surface area (TPSA) is 70.2 Å². The second kappa shape index (κ2) is 6.35. The minimum atomic E-state index is -0.900. The van der Waals surface area contributed by atoms with Gasteiger partial charge in [-0.3, -0.25) is 4.79 Å². The smallest absolute Gasteiger partial charge is 0.315 e. The average Bonchev–Trinajstić information content (AvgIpc) is 2.16. The highest BCUT2D eigenvalue weighted by molar-refractivity contribution is 5.90. The predicted molar refractivity (Wildman–Crippen MR) is 64.2 cm³/mol. The first-order valence-corrected chi connectivity index (χ1v) is 5.70. The quantitative estimate of drug-likeness (QED) is 0.658. The summed E-state index contributed by atoms with van der Waals surface area (Å²) in [5.41, 5.74) is -0.900. The summed E-state index contributed by atoms with van der Waals surface area (Å²) in [6.45, 7) is 9.65. The van der Waals surface area contributed by atoms with E-state index >= 15 is 0 Å². The summed E-state index contributed by atoms with van der Waals surface area (Å²) < 4.78 is 0. The average molecular weight is 229 g/mol. The van der Waals surface area contributed by atoms with Crippen LogP contribution < -0.4 is 16.0 Å². The van der Waals surface area contributed by atoms with E-state index in [1.165, 1.54) is 0 Å². The lowest BCUT2D eigenvalue weighted by molar-refractivity contribution is -0.126. The normalized spacial score (nSPS) is 12.8. The molecule has 0 aliphatic heterocycles. The molecule has 0 aromatic heterocycles. The molecule has 3 amide bonds. The number of hydrogen-bond acceptors (Lipinski definition) is 2. The molecule has 0 bridgehead atoms. The van der Waals surface area contributed by atoms with E-state index in [4.69, 9.17) is 0 Å². The Labute approximate surface area is 97.4 Å². The zero-order valence-electron chi connectivity index (χ0n) is 10.8. The Morgan fingerprint density at radius 3 is 2.25 bits per heavy atom. The van der Waals surface area contributed by atoms with Crippen molar-refractivity contribution in [2.75, 3.05) is 6.54 Å². The van der Waals surface area contributed by atoms with Crippen LogP contribution in [-0.2, 0) is 4.79 Å². The summed E-state index contributed by atoms with van der Waals surface area (Å²) in [5, 5.41) is 8.05. The molecular weight excluding hydrogens is 206 g/mol. The zero-order valence-corrected chi connectivity index (χ0v) is 10.8. The Morgan fingerprint density at radius 1 is 1.25 bits per heavy atom. The molecule has 0 rings (SSSR count). The van der Waals surface area contributed by atoms with Crippen molar-refractivity contribution in [3.05, 3.63) is 0 Å². The fourth-order valence-corrected chi connectivity index (χ4v) is 1.05. The third kappa shape index (κ3) is 5.00. The summed E-state index contributed by atoms with van der Waals surface area (Å²) in [4.78, 5) is 23.1. The molecule has 0 aromatic rings. The lowest BCUT2D eigenvalue weighted by Gasteiger charge is -2.26. The molecule has 5 heteroatoms. The molecule has 0 radical (unpaired) electrons. The molecule has 3 N–H and O–H groups in total. The van der Waals surface area contributed by atoms with Crippen LogP contribution in [-0.4, -0.2) is 30.1 Å². The minimum Gasteiger partial charge on any atom is -0.352 e. The Morgan fingerprint density at radius 2 is 1.81 bits per heavy atom. The molecular formula is C11H23N3O2. The molecule has 0 aliphatic carbocycles. The van der Waals surface area contributed by atoms with Crippen LogP contribution in [0.5, 0.6) is 0 Å². The highest BCUT2D eigenvalue weighted by Gasteiger charge is 2.29. The van der Waals surface area contributed by atoms with Crippen LogP contribution in [0.2, 0.25) is 0 Å². The van der Waals surface area contributed by atoms with E-state index in [1.807, 2.05) is 20.8 Å². The summed E-state index contributed by atoms with van der Waals surface area (Å²) in [7, 11) is 0. The number of nitrogens with one attached hydrogen (secondary N) is 3. The maximum atomic E-state index is 11.8. The monoisotopic (exact) mass is 229 g/mol. The highest BCUT2D eigenvalue weighted by atomic mass is 16.2. The molecule has 0 aliphatic rings. The Bertz CT molecular complexity index is 252. The lowest BCUT2D eigenvalue weighted by Crippen LogP contribution is -2.58. The second-order valence-corrected chi connectivity index (χ2v) is 4.39. The van der Waals surface area contributed by atoms with Gasteiger partial charge in [0.25, 0.3) is 0 Å². The van der Waals surface area contributed by atoms with Crippen molar-refractivity contribution in [3.8, 4) is 0 Å². The van der Waals surface area contributed by atoms with Gasteiger partial charge in [0.2, 0.25) is 5.91 Å². The molecule has 16 heavy (non-hydrogen) atoms.